The van der Waals surface area contributed by atoms with Crippen LogP contribution in [0.25, 0.3) is 0 Å². The van der Waals surface area contributed by atoms with E-state index in [-0.39, 0.29) is 16.7 Å². The van der Waals surface area contributed by atoms with Crippen LogP contribution >= 0.6 is 0 Å². The van der Waals surface area contributed by atoms with E-state index in [1.807, 2.05) is 13.0 Å². The van der Waals surface area contributed by atoms with E-state index in [0.29, 0.717) is 25.2 Å². The van der Waals surface area contributed by atoms with Crippen LogP contribution < -0.4 is 10.2 Å². The fourth-order valence-electron chi connectivity index (χ4n) is 3.16. The van der Waals surface area contributed by atoms with Gasteiger partial charge in [-0.15, -0.1) is 0 Å². The third-order valence-electron chi connectivity index (χ3n) is 6.21. The Morgan fingerprint density at radius 2 is 1.81 bits per heavy atom. The first kappa shape index (κ1) is 24.7. The fraction of sp³-hybridized carbons (Fsp3) is 0.538. The number of hydrogen-bond donors (Lipinski definition) is 1. The van der Waals surface area contributed by atoms with Crippen molar-refractivity contribution in [3.05, 3.63) is 53.0 Å². The summed E-state index contributed by atoms with van der Waals surface area (Å²) in [5, 5.41) is 3.93. The molecule has 0 aliphatic heterocycles. The minimum absolute atomic E-state index is 0.0193. The molecule has 1 aromatic heterocycles. The van der Waals surface area contributed by atoms with Crippen molar-refractivity contribution in [3.63, 3.8) is 0 Å². The molecule has 5 nitrogen and oxygen atoms in total. The highest BCUT2D eigenvalue weighted by Gasteiger charge is 2.26. The Hall–Kier alpha value is -2.56. The molecule has 0 saturated heterocycles. The smallest absolute Gasteiger partial charge is 0.240 e. The number of nitrogens with zero attached hydrogens (tertiary/aromatic N) is 1. The fourth-order valence-corrected chi connectivity index (χ4v) is 3.16. The molecule has 1 amide bonds. The molecule has 5 heteroatoms. The third kappa shape index (κ3) is 6.98. The second kappa shape index (κ2) is 10.7. The summed E-state index contributed by atoms with van der Waals surface area (Å²) in [6, 6.07) is 10.2. The highest BCUT2D eigenvalue weighted by atomic mass is 16.5. The average molecular weight is 427 g/mol. The highest BCUT2D eigenvalue weighted by Crippen LogP contribution is 2.38. The predicted octanol–water partition coefficient (Wildman–Crippen LogP) is 6.27. The summed E-state index contributed by atoms with van der Waals surface area (Å²) in [5.41, 5.74) is 5.25. The number of hydrogen-bond acceptors (Lipinski definition) is 4. The van der Waals surface area contributed by atoms with Crippen molar-refractivity contribution in [2.24, 2.45) is 5.10 Å². The number of nitrogens with one attached hydrogen (secondary N) is 1. The topological polar surface area (TPSA) is 63.8 Å². The van der Waals surface area contributed by atoms with Crippen LogP contribution in [0.1, 0.15) is 89.9 Å². The van der Waals surface area contributed by atoms with Crippen molar-refractivity contribution in [1.29, 1.82) is 0 Å². The molecule has 0 aliphatic rings. The molecule has 0 aliphatic carbocycles. The van der Waals surface area contributed by atoms with Crippen molar-refractivity contribution in [3.8, 4) is 5.75 Å². The summed E-state index contributed by atoms with van der Waals surface area (Å²) in [4.78, 5) is 12.0. The Bertz CT molecular complexity index is 894. The third-order valence-corrected chi connectivity index (χ3v) is 6.21. The quantitative estimate of drug-likeness (QED) is 0.261. The molecule has 2 rings (SSSR count). The van der Waals surface area contributed by atoms with E-state index in [0.717, 1.165) is 24.4 Å². The molecule has 0 bridgehead atoms. The van der Waals surface area contributed by atoms with E-state index >= 15 is 0 Å². The zero-order valence-corrected chi connectivity index (χ0v) is 20.2. The minimum atomic E-state index is -0.141. The molecule has 0 fully saturated rings. The maximum Gasteiger partial charge on any atom is 0.240 e. The van der Waals surface area contributed by atoms with Crippen molar-refractivity contribution >= 4 is 12.1 Å². The number of furan rings is 1. The maximum absolute atomic E-state index is 12.0. The molecule has 1 heterocycles. The first-order chi connectivity index (χ1) is 14.6. The van der Waals surface area contributed by atoms with Gasteiger partial charge >= 0.3 is 0 Å². The Kier molecular flexibility index (Phi) is 8.49. The number of ether oxygens (including phenoxy) is 1. The number of carbonyl (C=O) groups is 1. The van der Waals surface area contributed by atoms with E-state index in [1.54, 1.807) is 6.07 Å². The number of aryl methyl sites for hydroxylation is 1. The van der Waals surface area contributed by atoms with Crippen LogP contribution in [0, 0.1) is 6.92 Å². The summed E-state index contributed by atoms with van der Waals surface area (Å²) in [7, 11) is 0. The van der Waals surface area contributed by atoms with Crippen LogP contribution in [-0.2, 0) is 15.6 Å². The van der Waals surface area contributed by atoms with E-state index in [9.17, 15) is 4.79 Å². The summed E-state index contributed by atoms with van der Waals surface area (Å²) in [6.07, 6.45) is 4.57. The van der Waals surface area contributed by atoms with Crippen LogP contribution in [0.15, 0.2) is 39.9 Å². The molecule has 2 aromatic rings. The molecule has 0 spiro atoms. The van der Waals surface area contributed by atoms with Crippen molar-refractivity contribution in [1.82, 2.24) is 5.43 Å². The lowest BCUT2D eigenvalue weighted by Gasteiger charge is -2.30. The van der Waals surface area contributed by atoms with Crippen LogP contribution in [-0.4, -0.2) is 18.7 Å². The largest absolute Gasteiger partial charge is 0.493 e. The zero-order chi connectivity index (χ0) is 23.1. The maximum atomic E-state index is 12.0. The molecule has 1 N–H and O–H groups in total. The van der Waals surface area contributed by atoms with Gasteiger partial charge in [0.2, 0.25) is 5.91 Å². The van der Waals surface area contributed by atoms with Gasteiger partial charge in [0.05, 0.1) is 12.8 Å². The molecular weight excluding hydrogens is 388 g/mol. The molecule has 0 unspecified atom stereocenters. The molecule has 1 aromatic carbocycles. The second-order valence-corrected chi connectivity index (χ2v) is 9.38. The lowest BCUT2D eigenvalue weighted by atomic mass is 9.76. The zero-order valence-electron chi connectivity index (χ0n) is 20.2. The lowest BCUT2D eigenvalue weighted by molar-refractivity contribution is -0.121. The molecule has 0 radical (unpaired) electrons. The average Bonchev–Trinajstić information content (AvgIpc) is 3.16. The Labute approximate surface area is 187 Å². The van der Waals surface area contributed by atoms with Crippen molar-refractivity contribution < 1.29 is 13.9 Å². The first-order valence-corrected chi connectivity index (χ1v) is 11.2. The van der Waals surface area contributed by atoms with Gasteiger partial charge in [-0.25, -0.2) is 5.43 Å². The standard InChI is InChI=1S/C26H38N2O3/c1-8-25(4,5)20-13-15-23(22(17-20)26(6,7)9-2)30-16-10-11-24(29)28-27-18-21-14-12-19(3)31-21/h12-15,17-18H,8-11,16H2,1-7H3,(H,28,29). The second-order valence-electron chi connectivity index (χ2n) is 9.38. The van der Waals surface area contributed by atoms with Crippen LogP contribution in [0.2, 0.25) is 0 Å². The molecule has 170 valence electrons. The highest BCUT2D eigenvalue weighted by molar-refractivity contribution is 5.80. The van der Waals surface area contributed by atoms with Gasteiger partial charge in [-0.05, 0) is 60.8 Å². The normalized spacial score (nSPS) is 12.4. The molecule has 0 saturated carbocycles. The predicted molar refractivity (Wildman–Crippen MR) is 127 cm³/mol. The SMILES string of the molecule is CCC(C)(C)c1ccc(OCCCC(=O)NN=Cc2ccc(C)o2)c(C(C)(C)CC)c1. The Balaban J connectivity index is 1.93. The van der Waals surface area contributed by atoms with Gasteiger partial charge < -0.3 is 9.15 Å². The van der Waals surface area contributed by atoms with Crippen LogP contribution in [0.3, 0.4) is 0 Å². The van der Waals surface area contributed by atoms with Gasteiger partial charge in [0, 0.05) is 12.0 Å². The lowest BCUT2D eigenvalue weighted by Crippen LogP contribution is -2.21. The minimum Gasteiger partial charge on any atom is -0.493 e. The van der Waals surface area contributed by atoms with Crippen molar-refractivity contribution in [2.75, 3.05) is 6.61 Å². The van der Waals surface area contributed by atoms with Crippen molar-refractivity contribution in [2.45, 2.75) is 85.0 Å². The van der Waals surface area contributed by atoms with E-state index < -0.39 is 0 Å². The van der Waals surface area contributed by atoms with Gasteiger partial charge in [-0.1, -0.05) is 53.7 Å². The van der Waals surface area contributed by atoms with E-state index in [4.69, 9.17) is 9.15 Å². The van der Waals surface area contributed by atoms with E-state index in [1.165, 1.54) is 17.3 Å². The number of amides is 1. The molecule has 0 atom stereocenters. The Morgan fingerprint density at radius 1 is 1.10 bits per heavy atom. The summed E-state index contributed by atoms with van der Waals surface area (Å²) in [5.74, 6) is 2.19. The van der Waals surface area contributed by atoms with E-state index in [2.05, 4.69) is 70.3 Å². The monoisotopic (exact) mass is 426 g/mol. The van der Waals surface area contributed by atoms with Gasteiger partial charge in [-0.3, -0.25) is 4.79 Å². The Morgan fingerprint density at radius 3 is 2.42 bits per heavy atom. The van der Waals surface area contributed by atoms with Crippen LogP contribution in [0.5, 0.6) is 5.75 Å². The van der Waals surface area contributed by atoms with Gasteiger partial charge in [0.25, 0.3) is 0 Å². The number of hydrazone groups is 1. The van der Waals surface area contributed by atoms with Crippen LogP contribution in [0.4, 0.5) is 0 Å². The summed E-state index contributed by atoms with van der Waals surface area (Å²) < 4.78 is 11.5. The summed E-state index contributed by atoms with van der Waals surface area (Å²) >= 11 is 0. The number of carbonyl (C=O) groups excluding carboxylic acids is 1. The van der Waals surface area contributed by atoms with Gasteiger partial charge in [0.15, 0.2) is 0 Å². The number of benzene rings is 1. The number of rotatable bonds is 11. The summed E-state index contributed by atoms with van der Waals surface area (Å²) in [6.45, 7) is 15.8. The first-order valence-electron chi connectivity index (χ1n) is 11.2. The molecular formula is C26H38N2O3. The molecule has 31 heavy (non-hydrogen) atoms. The van der Waals surface area contributed by atoms with Gasteiger partial charge in [0.1, 0.15) is 17.3 Å². The van der Waals surface area contributed by atoms with Gasteiger partial charge in [-0.2, -0.15) is 5.10 Å².